The molecule has 0 saturated carbocycles. The van der Waals surface area contributed by atoms with E-state index in [-0.39, 0.29) is 5.75 Å². The van der Waals surface area contributed by atoms with E-state index in [0.717, 1.165) is 36.0 Å². The molecule has 3 aromatic rings. The van der Waals surface area contributed by atoms with Crippen LogP contribution in [0.15, 0.2) is 66.7 Å². The number of benzene rings is 3. The molecule has 0 aromatic heterocycles. The largest absolute Gasteiger partial charge is 0.508 e. The first kappa shape index (κ1) is 17.2. The molecule has 0 saturated heterocycles. The topological polar surface area (TPSA) is 20.2 Å². The van der Waals surface area contributed by atoms with Crippen LogP contribution in [0.5, 0.6) is 5.75 Å². The summed E-state index contributed by atoms with van der Waals surface area (Å²) < 4.78 is 0. The number of halogens is 2. The Morgan fingerprint density at radius 2 is 1.62 bits per heavy atom. The molecule has 26 heavy (non-hydrogen) atoms. The zero-order valence-electron chi connectivity index (χ0n) is 14.2. The summed E-state index contributed by atoms with van der Waals surface area (Å²) >= 11 is 12.7. The predicted octanol–water partition coefficient (Wildman–Crippen LogP) is 6.99. The summed E-state index contributed by atoms with van der Waals surface area (Å²) in [6.45, 7) is 0. The summed E-state index contributed by atoms with van der Waals surface area (Å²) in [7, 11) is 0. The number of fused-ring (bicyclic) bond motifs is 1. The first-order chi connectivity index (χ1) is 12.6. The fraction of sp³-hybridized carbons (Fsp3) is 0.130. The number of phenolic OH excluding ortho intramolecular Hbond substituents is 1. The number of aryl methyl sites for hydroxylation is 1. The Kier molecular flexibility index (Phi) is 4.76. The standard InChI is InChI=1S/C23H18Cl2O/c24-17-11-12-20(22(25)14-17)21-10-4-6-15-5-1-2-9-19(15)23(21)16-7-3-8-18(26)13-16/h1-3,5,7-9,11-14,26H,4,6,10H2. The third kappa shape index (κ3) is 3.25. The summed E-state index contributed by atoms with van der Waals surface area (Å²) in [6.07, 6.45) is 2.99. The van der Waals surface area contributed by atoms with Crippen LogP contribution in [-0.4, -0.2) is 5.11 Å². The molecule has 0 spiro atoms. The van der Waals surface area contributed by atoms with E-state index in [0.29, 0.717) is 10.0 Å². The average Bonchev–Trinajstić information content (AvgIpc) is 2.81. The van der Waals surface area contributed by atoms with Crippen molar-refractivity contribution in [3.63, 3.8) is 0 Å². The van der Waals surface area contributed by atoms with Crippen molar-refractivity contribution in [2.75, 3.05) is 0 Å². The van der Waals surface area contributed by atoms with Gasteiger partial charge < -0.3 is 5.11 Å². The van der Waals surface area contributed by atoms with E-state index in [1.165, 1.54) is 16.7 Å². The number of hydrogen-bond donors (Lipinski definition) is 1. The maximum absolute atomic E-state index is 10.0. The monoisotopic (exact) mass is 380 g/mol. The van der Waals surface area contributed by atoms with Gasteiger partial charge in [-0.2, -0.15) is 0 Å². The van der Waals surface area contributed by atoms with Crippen LogP contribution in [0.3, 0.4) is 0 Å². The van der Waals surface area contributed by atoms with Gasteiger partial charge in [0.2, 0.25) is 0 Å². The maximum atomic E-state index is 10.0. The molecule has 0 fully saturated rings. The average molecular weight is 381 g/mol. The molecule has 0 aliphatic heterocycles. The van der Waals surface area contributed by atoms with Gasteiger partial charge in [0.1, 0.15) is 5.75 Å². The van der Waals surface area contributed by atoms with Gasteiger partial charge in [0.15, 0.2) is 0 Å². The Balaban J connectivity index is 2.05. The third-order valence-electron chi connectivity index (χ3n) is 4.85. The zero-order valence-corrected chi connectivity index (χ0v) is 15.7. The molecule has 0 unspecified atom stereocenters. The minimum Gasteiger partial charge on any atom is -0.508 e. The highest BCUT2D eigenvalue weighted by Crippen LogP contribution is 2.42. The van der Waals surface area contributed by atoms with Crippen molar-refractivity contribution in [3.8, 4) is 5.75 Å². The van der Waals surface area contributed by atoms with Gasteiger partial charge in [0.25, 0.3) is 0 Å². The molecule has 3 heteroatoms. The van der Waals surface area contributed by atoms with Gasteiger partial charge in [0, 0.05) is 10.0 Å². The van der Waals surface area contributed by atoms with E-state index in [4.69, 9.17) is 23.2 Å². The van der Waals surface area contributed by atoms with Crippen LogP contribution in [0.25, 0.3) is 11.1 Å². The Bertz CT molecular complexity index is 1000. The van der Waals surface area contributed by atoms with Crippen LogP contribution in [-0.2, 0) is 6.42 Å². The molecule has 0 atom stereocenters. The van der Waals surface area contributed by atoms with E-state index >= 15 is 0 Å². The number of rotatable bonds is 2. The second kappa shape index (κ2) is 7.19. The van der Waals surface area contributed by atoms with Gasteiger partial charge in [-0.15, -0.1) is 0 Å². The van der Waals surface area contributed by atoms with Gasteiger partial charge in [0.05, 0.1) is 0 Å². The van der Waals surface area contributed by atoms with Crippen LogP contribution < -0.4 is 0 Å². The van der Waals surface area contributed by atoms with Crippen molar-refractivity contribution < 1.29 is 5.11 Å². The number of allylic oxidation sites excluding steroid dienone is 1. The first-order valence-electron chi connectivity index (χ1n) is 8.70. The molecular weight excluding hydrogens is 363 g/mol. The van der Waals surface area contributed by atoms with E-state index in [2.05, 4.69) is 24.3 Å². The lowest BCUT2D eigenvalue weighted by atomic mass is 9.88. The van der Waals surface area contributed by atoms with Gasteiger partial charge in [-0.05, 0) is 76.9 Å². The highest BCUT2D eigenvalue weighted by atomic mass is 35.5. The van der Waals surface area contributed by atoms with Crippen molar-refractivity contribution in [2.45, 2.75) is 19.3 Å². The highest BCUT2D eigenvalue weighted by molar-refractivity contribution is 6.36. The summed E-state index contributed by atoms with van der Waals surface area (Å²) in [5.41, 5.74) is 6.87. The minimum atomic E-state index is 0.262. The number of phenols is 1. The third-order valence-corrected chi connectivity index (χ3v) is 5.40. The van der Waals surface area contributed by atoms with Crippen molar-refractivity contribution in [1.82, 2.24) is 0 Å². The van der Waals surface area contributed by atoms with E-state index in [1.54, 1.807) is 12.1 Å². The summed E-state index contributed by atoms with van der Waals surface area (Å²) in [5, 5.41) is 11.3. The Morgan fingerprint density at radius 1 is 0.769 bits per heavy atom. The van der Waals surface area contributed by atoms with E-state index in [9.17, 15) is 5.11 Å². The van der Waals surface area contributed by atoms with Crippen LogP contribution in [0, 0.1) is 0 Å². The molecule has 4 rings (SSSR count). The lowest BCUT2D eigenvalue weighted by molar-refractivity contribution is 0.475. The second-order valence-corrected chi connectivity index (χ2v) is 7.38. The van der Waals surface area contributed by atoms with E-state index < -0.39 is 0 Å². The van der Waals surface area contributed by atoms with Gasteiger partial charge in [-0.1, -0.05) is 65.7 Å². The summed E-state index contributed by atoms with van der Waals surface area (Å²) in [6, 6.07) is 21.6. The van der Waals surface area contributed by atoms with Crippen LogP contribution in [0.2, 0.25) is 10.0 Å². The molecule has 0 radical (unpaired) electrons. The molecule has 0 amide bonds. The van der Waals surface area contributed by atoms with Gasteiger partial charge in [-0.3, -0.25) is 0 Å². The fourth-order valence-electron chi connectivity index (χ4n) is 3.72. The Labute approximate surface area is 163 Å². The smallest absolute Gasteiger partial charge is 0.116 e. The molecule has 1 aliphatic rings. The molecule has 3 aromatic carbocycles. The van der Waals surface area contributed by atoms with Crippen LogP contribution >= 0.6 is 23.2 Å². The number of aromatic hydroxyl groups is 1. The van der Waals surface area contributed by atoms with Crippen molar-refractivity contribution >= 4 is 34.3 Å². The Morgan fingerprint density at radius 3 is 2.42 bits per heavy atom. The molecule has 1 aliphatic carbocycles. The van der Waals surface area contributed by atoms with E-state index in [1.807, 2.05) is 30.3 Å². The second-order valence-electron chi connectivity index (χ2n) is 6.54. The fourth-order valence-corrected chi connectivity index (χ4v) is 4.24. The zero-order chi connectivity index (χ0) is 18.1. The Hall–Kier alpha value is -2.22. The van der Waals surface area contributed by atoms with Crippen LogP contribution in [0.1, 0.15) is 35.1 Å². The SMILES string of the molecule is Oc1cccc(C2=C(c3ccc(Cl)cc3Cl)CCCc3ccccc32)c1. The quantitative estimate of drug-likeness (QED) is 0.507. The number of hydrogen-bond acceptors (Lipinski definition) is 1. The molecule has 130 valence electrons. The minimum absolute atomic E-state index is 0.262. The van der Waals surface area contributed by atoms with Crippen molar-refractivity contribution in [3.05, 3.63) is 99.0 Å². The molecular formula is C23H18Cl2O. The molecule has 1 N–H and O–H groups in total. The van der Waals surface area contributed by atoms with Gasteiger partial charge >= 0.3 is 0 Å². The summed E-state index contributed by atoms with van der Waals surface area (Å²) in [4.78, 5) is 0. The lowest BCUT2D eigenvalue weighted by Gasteiger charge is -2.17. The molecule has 0 heterocycles. The molecule has 0 bridgehead atoms. The summed E-state index contributed by atoms with van der Waals surface area (Å²) in [5.74, 6) is 0.262. The van der Waals surface area contributed by atoms with Crippen molar-refractivity contribution in [2.24, 2.45) is 0 Å². The van der Waals surface area contributed by atoms with Crippen molar-refractivity contribution in [1.29, 1.82) is 0 Å². The van der Waals surface area contributed by atoms with Gasteiger partial charge in [-0.25, -0.2) is 0 Å². The first-order valence-corrected chi connectivity index (χ1v) is 9.45. The lowest BCUT2D eigenvalue weighted by Crippen LogP contribution is -1.96. The molecule has 1 nitrogen and oxygen atoms in total. The van der Waals surface area contributed by atoms with Crippen LogP contribution in [0.4, 0.5) is 0 Å². The predicted molar refractivity (Wildman–Crippen MR) is 110 cm³/mol. The maximum Gasteiger partial charge on any atom is 0.116 e. The normalized spacial score (nSPS) is 14.1. The highest BCUT2D eigenvalue weighted by Gasteiger charge is 2.21.